The van der Waals surface area contributed by atoms with Crippen LogP contribution in [0.25, 0.3) is 0 Å². The van der Waals surface area contributed by atoms with E-state index in [1.54, 1.807) is 6.07 Å². The van der Waals surface area contributed by atoms with Crippen molar-refractivity contribution in [3.8, 4) is 0 Å². The highest BCUT2D eigenvalue weighted by atomic mass is 79.9. The smallest absolute Gasteiger partial charge is 0.270 e. The summed E-state index contributed by atoms with van der Waals surface area (Å²) in [5.41, 5.74) is 4.12. The van der Waals surface area contributed by atoms with E-state index in [1.165, 1.54) is 29.1 Å². The van der Waals surface area contributed by atoms with E-state index < -0.39 is 12.3 Å². The van der Waals surface area contributed by atoms with Crippen molar-refractivity contribution < 1.29 is 4.92 Å². The van der Waals surface area contributed by atoms with Crippen LogP contribution in [0.5, 0.6) is 0 Å². The summed E-state index contributed by atoms with van der Waals surface area (Å²) in [7, 11) is 1.56. The molecule has 2 aromatic carbocycles. The molecule has 0 bridgehead atoms. The van der Waals surface area contributed by atoms with Crippen LogP contribution in [0.4, 0.5) is 17.1 Å². The van der Waals surface area contributed by atoms with Crippen LogP contribution in [-0.2, 0) is 5.41 Å². The number of rotatable bonds is 5. The Bertz CT molecular complexity index is 1270. The first-order valence-corrected chi connectivity index (χ1v) is 13.7. The molecular weight excluding hydrogens is 515 g/mol. The van der Waals surface area contributed by atoms with Crippen molar-refractivity contribution in [3.63, 3.8) is 0 Å². The third-order valence-electron chi connectivity index (χ3n) is 6.70. The van der Waals surface area contributed by atoms with Crippen LogP contribution in [0.2, 0.25) is 0 Å². The number of non-ortho nitro benzene ring substituents is 1. The Kier molecular flexibility index (Phi) is 6.48. The molecule has 0 aromatic heterocycles. The zero-order chi connectivity index (χ0) is 24.8. The van der Waals surface area contributed by atoms with Gasteiger partial charge in [-0.3, -0.25) is 10.1 Å². The minimum absolute atomic E-state index is 0.0303. The van der Waals surface area contributed by atoms with Crippen LogP contribution in [-0.4, -0.2) is 47.8 Å². The predicted molar refractivity (Wildman–Crippen MR) is 144 cm³/mol. The quantitative estimate of drug-likeness (QED) is 0.231. The van der Waals surface area contributed by atoms with Gasteiger partial charge in [0.25, 0.3) is 5.69 Å². The number of hydrogen-bond acceptors (Lipinski definition) is 5. The van der Waals surface area contributed by atoms with Crippen molar-refractivity contribution in [2.24, 2.45) is 9.85 Å². The van der Waals surface area contributed by atoms with Crippen molar-refractivity contribution in [2.45, 2.75) is 33.1 Å². The molecule has 0 N–H and O–H groups in total. The lowest BCUT2D eigenvalue weighted by molar-refractivity contribution is -0.384. The van der Waals surface area contributed by atoms with Gasteiger partial charge in [0.15, 0.2) is 7.36 Å². The molecule has 4 rings (SSSR count). The molecule has 0 saturated carbocycles. The van der Waals surface area contributed by atoms with Gasteiger partial charge in [-0.05, 0) is 33.6 Å². The third kappa shape index (κ3) is 3.61. The normalized spacial score (nSPS) is 23.1. The predicted octanol–water partition coefficient (Wildman–Crippen LogP) is 6.93. The van der Waals surface area contributed by atoms with Gasteiger partial charge >= 0.3 is 0 Å². The van der Waals surface area contributed by atoms with Crippen molar-refractivity contribution in [1.82, 2.24) is 9.45 Å². The van der Waals surface area contributed by atoms with Crippen molar-refractivity contribution in [2.75, 3.05) is 32.1 Å². The van der Waals surface area contributed by atoms with Crippen LogP contribution in [0, 0.1) is 10.1 Å². The number of anilines is 1. The number of likely N-dealkylation sites (N-methyl/N-ethyl adjacent to an activating group) is 1. The second-order valence-corrected chi connectivity index (χ2v) is 12.7. The maximum absolute atomic E-state index is 11.3. The van der Waals surface area contributed by atoms with Crippen LogP contribution in [0.1, 0.15) is 33.3 Å². The standard InChI is InChI=1S/C24H30BrN6O2P/c1-7-30(8-2)34(27-20-14-13-17(31(32)33)15-19(20)25)22(16-26-29(34)6)23-24(3,4)18-11-9-10-12-21(18)28(23)5/h9-16H,7-8H2,1-6H3/b23-22+/t34-/m0/s1. The summed E-state index contributed by atoms with van der Waals surface area (Å²) in [6.07, 6.45) is 1.97. The molecule has 2 aliphatic heterocycles. The number of benzene rings is 2. The van der Waals surface area contributed by atoms with E-state index in [0.29, 0.717) is 10.2 Å². The van der Waals surface area contributed by atoms with Gasteiger partial charge in [-0.2, -0.15) is 5.10 Å². The van der Waals surface area contributed by atoms with Gasteiger partial charge in [0, 0.05) is 56.1 Å². The summed E-state index contributed by atoms with van der Waals surface area (Å²) in [6, 6.07) is 13.2. The Morgan fingerprint density at radius 2 is 1.85 bits per heavy atom. The van der Waals surface area contributed by atoms with E-state index in [-0.39, 0.29) is 11.1 Å². The number of nitro groups is 1. The first-order valence-electron chi connectivity index (χ1n) is 11.3. The fourth-order valence-electron chi connectivity index (χ4n) is 5.08. The molecule has 0 fully saturated rings. The molecule has 180 valence electrons. The van der Waals surface area contributed by atoms with E-state index in [2.05, 4.69) is 84.5 Å². The van der Waals surface area contributed by atoms with Gasteiger partial charge < -0.3 is 4.90 Å². The summed E-state index contributed by atoms with van der Waals surface area (Å²) in [6.45, 7) is 10.4. The zero-order valence-electron chi connectivity index (χ0n) is 20.4. The Morgan fingerprint density at radius 1 is 1.18 bits per heavy atom. The molecule has 1 atom stereocenters. The van der Waals surface area contributed by atoms with Crippen molar-refractivity contribution in [3.05, 3.63) is 73.6 Å². The Labute approximate surface area is 209 Å². The monoisotopic (exact) mass is 544 g/mol. The topological polar surface area (TPSA) is 77.6 Å². The molecule has 0 unspecified atom stereocenters. The van der Waals surface area contributed by atoms with Gasteiger partial charge in [0.2, 0.25) is 0 Å². The minimum atomic E-state index is -2.53. The van der Waals surface area contributed by atoms with E-state index in [4.69, 9.17) is 9.85 Å². The van der Waals surface area contributed by atoms with Gasteiger partial charge in [0.05, 0.1) is 26.6 Å². The second-order valence-electron chi connectivity index (χ2n) is 8.87. The molecule has 2 heterocycles. The number of allylic oxidation sites excluding steroid dienone is 2. The number of para-hydroxylation sites is 1. The van der Waals surface area contributed by atoms with Crippen LogP contribution in [0.15, 0.2) is 67.8 Å². The zero-order valence-corrected chi connectivity index (χ0v) is 22.8. The number of nitrogens with zero attached hydrogens (tertiary/aromatic N) is 6. The van der Waals surface area contributed by atoms with Crippen LogP contribution < -0.4 is 4.90 Å². The molecule has 34 heavy (non-hydrogen) atoms. The Balaban J connectivity index is 2.05. The lowest BCUT2D eigenvalue weighted by atomic mass is 9.84. The van der Waals surface area contributed by atoms with Gasteiger partial charge in [-0.1, -0.05) is 45.9 Å². The highest BCUT2D eigenvalue weighted by Gasteiger charge is 2.47. The lowest BCUT2D eigenvalue weighted by Crippen LogP contribution is -2.30. The van der Waals surface area contributed by atoms with Gasteiger partial charge in [-0.25, -0.2) is 14.2 Å². The van der Waals surface area contributed by atoms with Gasteiger partial charge in [-0.15, -0.1) is 0 Å². The second kappa shape index (κ2) is 8.95. The highest BCUT2D eigenvalue weighted by molar-refractivity contribution is 9.10. The maximum Gasteiger partial charge on any atom is 0.270 e. The Hall–Kier alpha value is -2.48. The molecule has 2 aromatic rings. The molecule has 0 aliphatic carbocycles. The number of halogens is 1. The van der Waals surface area contributed by atoms with Gasteiger partial charge in [0.1, 0.15) is 0 Å². The van der Waals surface area contributed by atoms with E-state index in [0.717, 1.165) is 18.4 Å². The van der Waals surface area contributed by atoms with E-state index >= 15 is 0 Å². The average Bonchev–Trinajstić information content (AvgIpc) is 3.21. The fraction of sp³-hybridized carbons (Fsp3) is 0.375. The molecule has 0 amide bonds. The first kappa shape index (κ1) is 24.6. The molecule has 2 aliphatic rings. The molecule has 0 spiro atoms. The Morgan fingerprint density at radius 3 is 2.44 bits per heavy atom. The highest BCUT2D eigenvalue weighted by Crippen LogP contribution is 2.69. The molecule has 0 radical (unpaired) electrons. The number of hydrogen-bond donors (Lipinski definition) is 0. The summed E-state index contributed by atoms with van der Waals surface area (Å²) in [5.74, 6) is 0. The van der Waals surface area contributed by atoms with Crippen LogP contribution >= 0.6 is 23.3 Å². The largest absolute Gasteiger partial charge is 0.346 e. The molecular formula is C24H30BrN6O2P. The summed E-state index contributed by atoms with van der Waals surface area (Å²) in [4.78, 5) is 13.2. The average molecular weight is 545 g/mol. The minimum Gasteiger partial charge on any atom is -0.346 e. The molecule has 0 saturated heterocycles. The maximum atomic E-state index is 11.3. The van der Waals surface area contributed by atoms with E-state index in [1.807, 2.05) is 18.0 Å². The van der Waals surface area contributed by atoms with E-state index in [9.17, 15) is 10.1 Å². The number of hydrazone groups is 1. The van der Waals surface area contributed by atoms with Crippen molar-refractivity contribution >= 4 is 46.6 Å². The fourth-order valence-corrected chi connectivity index (χ4v) is 9.40. The first-order chi connectivity index (χ1) is 16.1. The SMILES string of the molecule is CCN(CC)[P@]1(=Nc2ccc([N+](=O)[O-])cc2Br)/C(=C2/N(C)c3ccccc3C2(C)C)C=NN1C. The van der Waals surface area contributed by atoms with Crippen molar-refractivity contribution in [1.29, 1.82) is 0 Å². The summed E-state index contributed by atoms with van der Waals surface area (Å²) >= 11 is 3.54. The molecule has 10 heteroatoms. The lowest BCUT2D eigenvalue weighted by Gasteiger charge is -2.39. The third-order valence-corrected chi connectivity index (χ3v) is 11.1. The summed E-state index contributed by atoms with van der Waals surface area (Å²) in [5, 5.41) is 17.2. The van der Waals surface area contributed by atoms with Crippen LogP contribution in [0.3, 0.4) is 0 Å². The summed E-state index contributed by atoms with van der Waals surface area (Å²) < 4.78 is 10.4. The molecule has 8 nitrogen and oxygen atoms in total. The number of fused-ring (bicyclic) bond motifs is 1. The number of nitro benzene ring substituents is 1.